The highest BCUT2D eigenvalue weighted by molar-refractivity contribution is 5.84. The number of carbonyl (C=O) groups excluding carboxylic acids is 1. The predicted octanol–water partition coefficient (Wildman–Crippen LogP) is -0.594. The predicted molar refractivity (Wildman–Crippen MR) is 61.2 cm³/mol. The first-order chi connectivity index (χ1) is 7.82. The molecule has 1 aliphatic heterocycles. The first-order valence-corrected chi connectivity index (χ1v) is 5.78. The standard InChI is InChI=1S/C11H20N2O4/c1-6(2)8(12)4-10(15)13-5-7(14)3-9(13)11(16)17/h6-9,14H,3-5,12H2,1-2H3,(H,16,17)/t7?,8?,9-/m0/s1. The van der Waals surface area contributed by atoms with Crippen LogP contribution < -0.4 is 5.73 Å². The molecule has 0 spiro atoms. The van der Waals surface area contributed by atoms with E-state index in [1.165, 1.54) is 4.90 Å². The molecule has 0 aromatic carbocycles. The topological polar surface area (TPSA) is 104 Å². The van der Waals surface area contributed by atoms with Gasteiger partial charge in [-0.3, -0.25) is 4.79 Å². The maximum atomic E-state index is 11.9. The normalized spacial score (nSPS) is 26.3. The van der Waals surface area contributed by atoms with Crippen LogP contribution in [0.15, 0.2) is 0 Å². The summed E-state index contributed by atoms with van der Waals surface area (Å²) in [7, 11) is 0. The molecule has 1 saturated heterocycles. The van der Waals surface area contributed by atoms with Crippen molar-refractivity contribution in [2.75, 3.05) is 6.54 Å². The van der Waals surface area contributed by atoms with E-state index in [-0.39, 0.29) is 37.3 Å². The summed E-state index contributed by atoms with van der Waals surface area (Å²) in [5.74, 6) is -1.21. The number of aliphatic carboxylic acids is 1. The van der Waals surface area contributed by atoms with E-state index in [1.807, 2.05) is 13.8 Å². The zero-order valence-corrected chi connectivity index (χ0v) is 10.2. The Hall–Kier alpha value is -1.14. The minimum Gasteiger partial charge on any atom is -0.480 e. The molecular weight excluding hydrogens is 224 g/mol. The van der Waals surface area contributed by atoms with Crippen LogP contribution in [-0.2, 0) is 9.59 Å². The zero-order chi connectivity index (χ0) is 13.2. The fourth-order valence-corrected chi connectivity index (χ4v) is 1.88. The average Bonchev–Trinajstić information content (AvgIpc) is 2.60. The van der Waals surface area contributed by atoms with Crippen LogP contribution >= 0.6 is 0 Å². The molecule has 17 heavy (non-hydrogen) atoms. The van der Waals surface area contributed by atoms with Crippen LogP contribution in [0.2, 0.25) is 0 Å². The van der Waals surface area contributed by atoms with Crippen LogP contribution in [0.5, 0.6) is 0 Å². The van der Waals surface area contributed by atoms with Crippen LogP contribution in [0, 0.1) is 5.92 Å². The van der Waals surface area contributed by atoms with Gasteiger partial charge in [0.25, 0.3) is 0 Å². The Kier molecular flexibility index (Phi) is 4.47. The first-order valence-electron chi connectivity index (χ1n) is 5.78. The summed E-state index contributed by atoms with van der Waals surface area (Å²) in [5, 5.41) is 18.4. The summed E-state index contributed by atoms with van der Waals surface area (Å²) < 4.78 is 0. The highest BCUT2D eigenvalue weighted by atomic mass is 16.4. The van der Waals surface area contributed by atoms with Crippen LogP contribution in [0.4, 0.5) is 0 Å². The van der Waals surface area contributed by atoms with Gasteiger partial charge < -0.3 is 20.8 Å². The van der Waals surface area contributed by atoms with Crippen LogP contribution in [0.25, 0.3) is 0 Å². The molecule has 98 valence electrons. The second kappa shape index (κ2) is 5.46. The maximum absolute atomic E-state index is 11.9. The highest BCUT2D eigenvalue weighted by Gasteiger charge is 2.39. The van der Waals surface area contributed by atoms with Crippen molar-refractivity contribution in [3.8, 4) is 0 Å². The number of aliphatic hydroxyl groups excluding tert-OH is 1. The lowest BCUT2D eigenvalue weighted by atomic mass is 10.0. The van der Waals surface area contributed by atoms with Gasteiger partial charge in [-0.1, -0.05) is 13.8 Å². The Bertz CT molecular complexity index is 306. The molecule has 0 saturated carbocycles. The summed E-state index contributed by atoms with van der Waals surface area (Å²) in [6.45, 7) is 3.90. The monoisotopic (exact) mass is 244 g/mol. The summed E-state index contributed by atoms with van der Waals surface area (Å²) >= 11 is 0. The second-order valence-corrected chi connectivity index (χ2v) is 4.90. The minimum atomic E-state index is -1.08. The molecule has 1 rings (SSSR count). The van der Waals surface area contributed by atoms with Crippen molar-refractivity contribution in [2.24, 2.45) is 11.7 Å². The average molecular weight is 244 g/mol. The number of β-amino-alcohol motifs (C(OH)–C–C–N with tert-alkyl or cyclic N) is 1. The van der Waals surface area contributed by atoms with Crippen molar-refractivity contribution >= 4 is 11.9 Å². The van der Waals surface area contributed by atoms with E-state index in [4.69, 9.17) is 10.8 Å². The lowest BCUT2D eigenvalue weighted by molar-refractivity contribution is -0.148. The number of carboxylic acid groups (broad SMARTS) is 1. The third-order valence-corrected chi connectivity index (χ3v) is 3.15. The van der Waals surface area contributed by atoms with E-state index in [2.05, 4.69) is 0 Å². The lowest BCUT2D eigenvalue weighted by Gasteiger charge is -2.24. The van der Waals surface area contributed by atoms with Gasteiger partial charge >= 0.3 is 5.97 Å². The van der Waals surface area contributed by atoms with Crippen molar-refractivity contribution in [3.63, 3.8) is 0 Å². The Balaban J connectivity index is 2.64. The number of amides is 1. The number of rotatable bonds is 4. The molecule has 6 heteroatoms. The Labute approximate surface area is 100 Å². The Morgan fingerprint density at radius 1 is 1.47 bits per heavy atom. The van der Waals surface area contributed by atoms with Gasteiger partial charge in [-0.25, -0.2) is 4.79 Å². The number of hydrogen-bond acceptors (Lipinski definition) is 4. The Morgan fingerprint density at radius 2 is 2.06 bits per heavy atom. The van der Waals surface area contributed by atoms with E-state index in [0.717, 1.165) is 0 Å². The molecule has 0 aliphatic carbocycles. The number of carbonyl (C=O) groups is 2. The molecule has 1 aliphatic rings. The van der Waals surface area contributed by atoms with Crippen LogP contribution in [-0.4, -0.2) is 51.7 Å². The smallest absolute Gasteiger partial charge is 0.326 e. The van der Waals surface area contributed by atoms with Crippen molar-refractivity contribution in [3.05, 3.63) is 0 Å². The van der Waals surface area contributed by atoms with Crippen LogP contribution in [0.1, 0.15) is 26.7 Å². The van der Waals surface area contributed by atoms with Crippen molar-refractivity contribution in [2.45, 2.75) is 44.9 Å². The fraction of sp³-hybridized carbons (Fsp3) is 0.818. The van der Waals surface area contributed by atoms with Crippen molar-refractivity contribution < 1.29 is 19.8 Å². The van der Waals surface area contributed by atoms with E-state index in [1.54, 1.807) is 0 Å². The van der Waals surface area contributed by atoms with Crippen molar-refractivity contribution in [1.29, 1.82) is 0 Å². The molecule has 1 fully saturated rings. The maximum Gasteiger partial charge on any atom is 0.326 e. The van der Waals surface area contributed by atoms with E-state index in [0.29, 0.717) is 0 Å². The number of hydrogen-bond donors (Lipinski definition) is 3. The first kappa shape index (κ1) is 13.9. The quantitative estimate of drug-likeness (QED) is 0.613. The SMILES string of the molecule is CC(C)C(N)CC(=O)N1CC(O)C[C@H]1C(=O)O. The van der Waals surface area contributed by atoms with Gasteiger partial charge in [0, 0.05) is 25.4 Å². The summed E-state index contributed by atoms with van der Waals surface area (Å²) in [4.78, 5) is 24.1. The molecule has 0 bridgehead atoms. The molecule has 0 radical (unpaired) electrons. The number of nitrogens with two attached hydrogens (primary N) is 1. The highest BCUT2D eigenvalue weighted by Crippen LogP contribution is 2.20. The number of nitrogens with zero attached hydrogens (tertiary/aromatic N) is 1. The van der Waals surface area contributed by atoms with Gasteiger partial charge in [-0.05, 0) is 5.92 Å². The van der Waals surface area contributed by atoms with Crippen molar-refractivity contribution in [1.82, 2.24) is 4.90 Å². The molecule has 0 aromatic heterocycles. The molecule has 2 unspecified atom stereocenters. The van der Waals surface area contributed by atoms with Gasteiger partial charge in [-0.2, -0.15) is 0 Å². The summed E-state index contributed by atoms with van der Waals surface area (Å²) in [6.07, 6.45) is -0.540. The molecule has 1 amide bonds. The molecule has 0 aromatic rings. The second-order valence-electron chi connectivity index (χ2n) is 4.90. The zero-order valence-electron chi connectivity index (χ0n) is 10.2. The van der Waals surface area contributed by atoms with Gasteiger partial charge in [-0.15, -0.1) is 0 Å². The van der Waals surface area contributed by atoms with Crippen LogP contribution in [0.3, 0.4) is 0 Å². The van der Waals surface area contributed by atoms with E-state index >= 15 is 0 Å². The number of aliphatic hydroxyl groups is 1. The number of carboxylic acids is 1. The van der Waals surface area contributed by atoms with Gasteiger partial charge in [0.15, 0.2) is 0 Å². The molecule has 4 N–H and O–H groups in total. The third-order valence-electron chi connectivity index (χ3n) is 3.15. The fourth-order valence-electron chi connectivity index (χ4n) is 1.88. The molecule has 1 heterocycles. The van der Waals surface area contributed by atoms with Gasteiger partial charge in [0.1, 0.15) is 6.04 Å². The molecule has 3 atom stereocenters. The van der Waals surface area contributed by atoms with Gasteiger partial charge in [0.2, 0.25) is 5.91 Å². The van der Waals surface area contributed by atoms with E-state index in [9.17, 15) is 14.7 Å². The van der Waals surface area contributed by atoms with Gasteiger partial charge in [0.05, 0.1) is 6.10 Å². The largest absolute Gasteiger partial charge is 0.480 e. The number of likely N-dealkylation sites (tertiary alicyclic amines) is 1. The third kappa shape index (κ3) is 3.41. The Morgan fingerprint density at radius 3 is 2.53 bits per heavy atom. The molecule has 6 nitrogen and oxygen atoms in total. The summed E-state index contributed by atoms with van der Waals surface area (Å²) in [5.41, 5.74) is 5.78. The summed E-state index contributed by atoms with van der Waals surface area (Å²) in [6, 6.07) is -1.20. The molecular formula is C11H20N2O4. The lowest BCUT2D eigenvalue weighted by Crippen LogP contribution is -2.43. The minimum absolute atomic E-state index is 0.0839. The van der Waals surface area contributed by atoms with E-state index < -0.39 is 18.1 Å².